The summed E-state index contributed by atoms with van der Waals surface area (Å²) in [5, 5.41) is 38.7. The number of nitrogens with zero attached hydrogens (tertiary/aromatic N) is 3. The number of methoxy groups -OCH3 is 1. The van der Waals surface area contributed by atoms with Gasteiger partial charge in [0.1, 0.15) is 16.9 Å². The molecule has 34 heavy (non-hydrogen) atoms. The fourth-order valence-electron chi connectivity index (χ4n) is 4.73. The van der Waals surface area contributed by atoms with Gasteiger partial charge in [0.05, 0.1) is 28.1 Å². The number of hydrogen-bond acceptors (Lipinski definition) is 10. The molecule has 2 saturated carbocycles. The molecule has 2 fully saturated rings. The van der Waals surface area contributed by atoms with Gasteiger partial charge in [0.2, 0.25) is 5.95 Å². The van der Waals surface area contributed by atoms with Crippen LogP contribution in [0, 0.1) is 18.3 Å². The van der Waals surface area contributed by atoms with Gasteiger partial charge >= 0.3 is 0 Å². The maximum absolute atomic E-state index is 11.3. The summed E-state index contributed by atoms with van der Waals surface area (Å²) in [6.07, 6.45) is 1.86. The average Bonchev–Trinajstić information content (AvgIpc) is 3.35. The van der Waals surface area contributed by atoms with Crippen molar-refractivity contribution in [2.24, 2.45) is 11.3 Å². The van der Waals surface area contributed by atoms with Crippen LogP contribution in [-0.4, -0.2) is 69.0 Å². The van der Waals surface area contributed by atoms with E-state index in [0.717, 1.165) is 28.1 Å². The van der Waals surface area contributed by atoms with E-state index in [1.807, 2.05) is 31.2 Å². The van der Waals surface area contributed by atoms with Gasteiger partial charge in [0.15, 0.2) is 5.72 Å². The number of ether oxygens (including phenoxy) is 1. The van der Waals surface area contributed by atoms with Crippen molar-refractivity contribution in [1.29, 1.82) is 0 Å². The predicted molar refractivity (Wildman–Crippen MR) is 132 cm³/mol. The summed E-state index contributed by atoms with van der Waals surface area (Å²) in [5.41, 5.74) is 0.790. The van der Waals surface area contributed by atoms with E-state index in [0.29, 0.717) is 49.0 Å². The van der Waals surface area contributed by atoms with Gasteiger partial charge in [-0.25, -0.2) is 9.97 Å². The van der Waals surface area contributed by atoms with E-state index in [1.165, 1.54) is 11.3 Å². The Morgan fingerprint density at radius 3 is 2.65 bits per heavy atom. The molecule has 2 aromatic heterocycles. The fourth-order valence-corrected chi connectivity index (χ4v) is 5.80. The number of aliphatic hydroxyl groups excluding tert-OH is 2. The molecule has 3 aromatic rings. The van der Waals surface area contributed by atoms with E-state index in [2.05, 4.69) is 10.6 Å². The molecule has 2 aliphatic rings. The monoisotopic (exact) mass is 485 g/mol. The molecule has 0 bridgehead atoms. The first kappa shape index (κ1) is 23.4. The molecule has 182 valence electrons. The number of aromatic nitrogens is 3. The van der Waals surface area contributed by atoms with Crippen LogP contribution in [0.5, 0.6) is 0 Å². The lowest BCUT2D eigenvalue weighted by atomic mass is 10.0. The molecule has 0 radical (unpaired) electrons. The van der Waals surface area contributed by atoms with Crippen LogP contribution in [0.1, 0.15) is 31.4 Å². The maximum atomic E-state index is 11.3. The first-order valence-corrected chi connectivity index (χ1v) is 12.4. The van der Waals surface area contributed by atoms with Crippen molar-refractivity contribution in [2.75, 3.05) is 37.5 Å². The third-order valence-electron chi connectivity index (χ3n) is 7.03. The summed E-state index contributed by atoms with van der Waals surface area (Å²) >= 11 is 1.53. The Balaban J connectivity index is 1.52. The predicted octanol–water partition coefficient (Wildman–Crippen LogP) is 2.76. The molecule has 9 nitrogen and oxygen atoms in total. The third-order valence-corrected chi connectivity index (χ3v) is 8.08. The first-order valence-electron chi connectivity index (χ1n) is 11.6. The SMILES string of the molecule is COCC1(CNc2nc(C)c(-c3nc4ccccc4s3)c(NC3(O)CCC(CO)C3O)n2)CC1. The van der Waals surface area contributed by atoms with Crippen LogP contribution in [0.25, 0.3) is 20.8 Å². The first-order chi connectivity index (χ1) is 16.4. The van der Waals surface area contributed by atoms with Crippen LogP contribution < -0.4 is 10.6 Å². The Morgan fingerprint density at radius 1 is 1.18 bits per heavy atom. The highest BCUT2D eigenvalue weighted by Gasteiger charge is 2.47. The number of hydrogen-bond donors (Lipinski definition) is 5. The maximum Gasteiger partial charge on any atom is 0.224 e. The van der Waals surface area contributed by atoms with E-state index < -0.39 is 17.7 Å². The normalized spacial score (nSPS) is 25.6. The Bertz CT molecular complexity index is 1150. The Morgan fingerprint density at radius 2 is 1.97 bits per heavy atom. The molecule has 3 unspecified atom stereocenters. The molecule has 0 spiro atoms. The zero-order valence-corrected chi connectivity index (χ0v) is 20.2. The Kier molecular flexibility index (Phi) is 6.19. The molecule has 3 atom stereocenters. The van der Waals surface area contributed by atoms with Crippen LogP contribution >= 0.6 is 11.3 Å². The summed E-state index contributed by atoms with van der Waals surface area (Å²) < 4.78 is 6.41. The van der Waals surface area contributed by atoms with Gasteiger partial charge < -0.3 is 30.7 Å². The number of rotatable bonds is 9. The van der Waals surface area contributed by atoms with E-state index >= 15 is 0 Å². The van der Waals surface area contributed by atoms with Gasteiger partial charge in [-0.2, -0.15) is 4.98 Å². The van der Waals surface area contributed by atoms with Gasteiger partial charge in [-0.05, 0) is 44.7 Å². The minimum atomic E-state index is -1.61. The largest absolute Gasteiger partial charge is 0.396 e. The van der Waals surface area contributed by atoms with Crippen molar-refractivity contribution < 1.29 is 20.1 Å². The van der Waals surface area contributed by atoms with Crippen LogP contribution in [0.4, 0.5) is 11.8 Å². The van der Waals surface area contributed by atoms with Gasteiger partial charge in [0.25, 0.3) is 0 Å². The smallest absolute Gasteiger partial charge is 0.224 e. The van der Waals surface area contributed by atoms with Crippen molar-refractivity contribution in [1.82, 2.24) is 15.0 Å². The molecule has 5 N–H and O–H groups in total. The molecule has 10 heteroatoms. The number of para-hydroxylation sites is 1. The van der Waals surface area contributed by atoms with Crippen LogP contribution in [0.15, 0.2) is 24.3 Å². The Hall–Kier alpha value is -2.37. The number of thiazole rings is 1. The van der Waals surface area contributed by atoms with Crippen molar-refractivity contribution in [3.63, 3.8) is 0 Å². The molecule has 1 aromatic carbocycles. The number of fused-ring (bicyclic) bond motifs is 1. The lowest BCUT2D eigenvalue weighted by Crippen LogP contribution is -2.48. The van der Waals surface area contributed by atoms with Crippen molar-refractivity contribution >= 4 is 33.3 Å². The second-order valence-corrected chi connectivity index (χ2v) is 10.6. The van der Waals surface area contributed by atoms with Gasteiger partial charge in [-0.3, -0.25) is 0 Å². The molecule has 0 saturated heterocycles. The zero-order chi connectivity index (χ0) is 23.9. The quantitative estimate of drug-likeness (QED) is 0.290. The third kappa shape index (κ3) is 4.36. The van der Waals surface area contributed by atoms with E-state index in [9.17, 15) is 15.3 Å². The molecule has 0 aliphatic heterocycles. The summed E-state index contributed by atoms with van der Waals surface area (Å²) in [6, 6.07) is 7.89. The highest BCUT2D eigenvalue weighted by molar-refractivity contribution is 7.21. The molecule has 2 heterocycles. The highest BCUT2D eigenvalue weighted by Crippen LogP contribution is 2.46. The summed E-state index contributed by atoms with van der Waals surface area (Å²) in [7, 11) is 1.71. The summed E-state index contributed by atoms with van der Waals surface area (Å²) in [6.45, 7) is 3.09. The van der Waals surface area contributed by atoms with Crippen molar-refractivity contribution in [3.8, 4) is 10.6 Å². The fraction of sp³-hybridized carbons (Fsp3) is 0.542. The number of anilines is 2. The van der Waals surface area contributed by atoms with Crippen LogP contribution in [-0.2, 0) is 4.74 Å². The standard InChI is InChI=1S/C24H31N5O4S/c1-14-18(21-27-16-5-3-4-6-17(16)34-21)20(29-24(32)8-7-15(11-30)19(24)31)28-22(26-14)25-12-23(9-10-23)13-33-2/h3-6,15,19,30-32H,7-13H2,1-2H3,(H2,25,26,28,29). The molecule has 5 rings (SSSR count). The van der Waals surface area contributed by atoms with Crippen molar-refractivity contribution in [2.45, 2.75) is 44.4 Å². The average molecular weight is 486 g/mol. The lowest BCUT2D eigenvalue weighted by molar-refractivity contribution is -0.0545. The number of benzene rings is 1. The number of nitrogens with one attached hydrogen (secondary N) is 2. The minimum absolute atomic E-state index is 0.111. The highest BCUT2D eigenvalue weighted by atomic mass is 32.1. The molecule has 0 amide bonds. The number of aliphatic hydroxyl groups is 3. The summed E-state index contributed by atoms with van der Waals surface area (Å²) in [5.74, 6) is 0.459. The molecular weight excluding hydrogens is 454 g/mol. The van der Waals surface area contributed by atoms with Crippen LogP contribution in [0.2, 0.25) is 0 Å². The molecule has 2 aliphatic carbocycles. The Labute approximate surface area is 202 Å². The lowest BCUT2D eigenvalue weighted by Gasteiger charge is -2.31. The molecular formula is C24H31N5O4S. The van der Waals surface area contributed by atoms with E-state index in [4.69, 9.17) is 19.7 Å². The summed E-state index contributed by atoms with van der Waals surface area (Å²) in [4.78, 5) is 14.2. The second-order valence-electron chi connectivity index (χ2n) is 9.60. The van der Waals surface area contributed by atoms with Gasteiger partial charge in [-0.15, -0.1) is 11.3 Å². The van der Waals surface area contributed by atoms with Gasteiger partial charge in [0, 0.05) is 31.6 Å². The number of aryl methyl sites for hydroxylation is 1. The van der Waals surface area contributed by atoms with Crippen molar-refractivity contribution in [3.05, 3.63) is 30.0 Å². The minimum Gasteiger partial charge on any atom is -0.396 e. The van der Waals surface area contributed by atoms with Crippen LogP contribution in [0.3, 0.4) is 0 Å². The van der Waals surface area contributed by atoms with E-state index in [1.54, 1.807) is 7.11 Å². The van der Waals surface area contributed by atoms with Gasteiger partial charge in [-0.1, -0.05) is 12.1 Å². The topological polar surface area (TPSA) is 133 Å². The second kappa shape index (κ2) is 9.01. The zero-order valence-electron chi connectivity index (χ0n) is 19.4. The van der Waals surface area contributed by atoms with E-state index in [-0.39, 0.29) is 12.0 Å².